The van der Waals surface area contributed by atoms with Crippen molar-refractivity contribution in [2.24, 2.45) is 0 Å². The molecule has 1 aliphatic heterocycles. The Kier molecular flexibility index (Phi) is 3.35. The highest BCUT2D eigenvalue weighted by Gasteiger charge is 2.22. The third-order valence-corrected chi connectivity index (χ3v) is 4.83. The molecule has 0 radical (unpaired) electrons. The predicted molar refractivity (Wildman–Crippen MR) is 79.4 cm³/mol. The first-order chi connectivity index (χ1) is 8.78. The minimum Gasteiger partial charge on any atom is -0.361 e. The Balaban J connectivity index is 1.91. The summed E-state index contributed by atoms with van der Waals surface area (Å²) in [6.07, 6.45) is 8.19. The highest BCUT2D eigenvalue weighted by molar-refractivity contribution is 7.98. The van der Waals surface area contributed by atoms with Crippen molar-refractivity contribution < 1.29 is 0 Å². The van der Waals surface area contributed by atoms with Crippen LogP contribution in [0.3, 0.4) is 0 Å². The van der Waals surface area contributed by atoms with E-state index in [1.54, 1.807) is 0 Å². The second-order valence-corrected chi connectivity index (χ2v) is 6.09. The van der Waals surface area contributed by atoms with E-state index in [9.17, 15) is 0 Å². The first-order valence-electron chi connectivity index (χ1n) is 6.62. The monoisotopic (exact) mass is 260 g/mol. The number of thioether (sulfide) groups is 1. The summed E-state index contributed by atoms with van der Waals surface area (Å²) < 4.78 is 0. The molecule has 0 aliphatic carbocycles. The van der Waals surface area contributed by atoms with E-state index in [0.29, 0.717) is 0 Å². The molecule has 1 atom stereocenters. The minimum atomic E-state index is 0.724. The highest BCUT2D eigenvalue weighted by Crippen LogP contribution is 2.27. The Morgan fingerprint density at radius 1 is 1.44 bits per heavy atom. The van der Waals surface area contributed by atoms with Gasteiger partial charge in [0.05, 0.1) is 0 Å². The summed E-state index contributed by atoms with van der Waals surface area (Å²) in [6, 6.07) is 7.43. The van der Waals surface area contributed by atoms with Gasteiger partial charge in [-0.1, -0.05) is 0 Å². The maximum absolute atomic E-state index is 3.40. The van der Waals surface area contributed by atoms with Crippen LogP contribution >= 0.6 is 11.8 Å². The van der Waals surface area contributed by atoms with Crippen LogP contribution in [0, 0.1) is 0 Å². The van der Waals surface area contributed by atoms with Crippen LogP contribution in [0.5, 0.6) is 0 Å². The molecule has 1 fully saturated rings. The molecule has 1 N–H and O–H groups in total. The Labute approximate surface area is 113 Å². The van der Waals surface area contributed by atoms with Gasteiger partial charge in [0.2, 0.25) is 0 Å². The number of H-pyrrole nitrogens is 1. The summed E-state index contributed by atoms with van der Waals surface area (Å²) in [4.78, 5) is 7.25. The van der Waals surface area contributed by atoms with Crippen molar-refractivity contribution >= 4 is 22.7 Å². The number of fused-ring (bicyclic) bond motifs is 1. The number of nitrogens with one attached hydrogen (secondary N) is 1. The first kappa shape index (κ1) is 12.1. The molecule has 2 heterocycles. The van der Waals surface area contributed by atoms with Gasteiger partial charge in [-0.15, -0.1) is 11.8 Å². The highest BCUT2D eigenvalue weighted by atomic mass is 32.2. The SMILES string of the molecule is CSc1ccc2[nH]cc(CC3CCCN3C)c2c1. The van der Waals surface area contributed by atoms with E-state index in [0.717, 1.165) is 6.04 Å². The lowest BCUT2D eigenvalue weighted by Gasteiger charge is -2.18. The van der Waals surface area contributed by atoms with Gasteiger partial charge < -0.3 is 9.88 Å². The molecule has 1 aromatic carbocycles. The predicted octanol–water partition coefficient (Wildman–Crippen LogP) is 3.53. The Morgan fingerprint density at radius 3 is 3.06 bits per heavy atom. The number of rotatable bonds is 3. The Morgan fingerprint density at radius 2 is 2.33 bits per heavy atom. The third kappa shape index (κ3) is 2.17. The number of aromatic amines is 1. The molecule has 3 heteroatoms. The number of hydrogen-bond donors (Lipinski definition) is 1. The van der Waals surface area contributed by atoms with Crippen molar-refractivity contribution in [1.82, 2.24) is 9.88 Å². The van der Waals surface area contributed by atoms with Gasteiger partial charge in [0.25, 0.3) is 0 Å². The van der Waals surface area contributed by atoms with Crippen molar-refractivity contribution in [3.05, 3.63) is 30.0 Å². The summed E-state index contributed by atoms with van der Waals surface area (Å²) >= 11 is 1.81. The second-order valence-electron chi connectivity index (χ2n) is 5.21. The van der Waals surface area contributed by atoms with Crippen molar-refractivity contribution in [3.63, 3.8) is 0 Å². The number of hydrogen-bond acceptors (Lipinski definition) is 2. The van der Waals surface area contributed by atoms with Crippen molar-refractivity contribution in [3.8, 4) is 0 Å². The number of benzene rings is 1. The van der Waals surface area contributed by atoms with E-state index < -0.39 is 0 Å². The van der Waals surface area contributed by atoms with E-state index in [-0.39, 0.29) is 0 Å². The zero-order valence-electron chi connectivity index (χ0n) is 11.1. The summed E-state index contributed by atoms with van der Waals surface area (Å²) in [5, 5.41) is 1.40. The molecule has 0 spiro atoms. The summed E-state index contributed by atoms with van der Waals surface area (Å²) in [6.45, 7) is 1.25. The molecule has 1 aromatic heterocycles. The fraction of sp³-hybridized carbons (Fsp3) is 0.467. The summed E-state index contributed by atoms with van der Waals surface area (Å²) in [5.74, 6) is 0. The molecule has 18 heavy (non-hydrogen) atoms. The van der Waals surface area contributed by atoms with Gasteiger partial charge in [0.15, 0.2) is 0 Å². The van der Waals surface area contributed by atoms with Crippen LogP contribution in [0.25, 0.3) is 10.9 Å². The quantitative estimate of drug-likeness (QED) is 0.851. The molecule has 0 amide bonds. The molecule has 1 saturated heterocycles. The molecule has 0 saturated carbocycles. The van der Waals surface area contributed by atoms with Crippen LogP contribution in [0.1, 0.15) is 18.4 Å². The second kappa shape index (κ2) is 4.98. The average molecular weight is 260 g/mol. The van der Waals surface area contributed by atoms with E-state index >= 15 is 0 Å². The molecule has 1 aliphatic rings. The van der Waals surface area contributed by atoms with E-state index in [1.807, 2.05) is 11.8 Å². The number of likely N-dealkylation sites (N-methyl/N-ethyl adjacent to an activating group) is 1. The van der Waals surface area contributed by atoms with Gasteiger partial charge in [-0.25, -0.2) is 0 Å². The molecule has 2 aromatic rings. The zero-order chi connectivity index (χ0) is 12.5. The normalized spacial score (nSPS) is 20.9. The van der Waals surface area contributed by atoms with Crippen LogP contribution in [0.4, 0.5) is 0 Å². The molecule has 2 nitrogen and oxygen atoms in total. The van der Waals surface area contributed by atoms with Crippen LogP contribution < -0.4 is 0 Å². The number of likely N-dealkylation sites (tertiary alicyclic amines) is 1. The molecule has 0 bridgehead atoms. The van der Waals surface area contributed by atoms with Crippen molar-refractivity contribution in [1.29, 1.82) is 0 Å². The standard InChI is InChI=1S/C15H20N2S/c1-17-7-3-4-12(17)8-11-10-16-15-6-5-13(18-2)9-14(11)15/h5-6,9-10,12,16H,3-4,7-8H2,1-2H3. The maximum atomic E-state index is 3.40. The lowest BCUT2D eigenvalue weighted by Crippen LogP contribution is -2.26. The molecular weight excluding hydrogens is 240 g/mol. The topological polar surface area (TPSA) is 19.0 Å². The van der Waals surface area contributed by atoms with Crippen molar-refractivity contribution in [2.75, 3.05) is 19.8 Å². The van der Waals surface area contributed by atoms with Gasteiger partial charge in [-0.05, 0) is 62.9 Å². The summed E-state index contributed by atoms with van der Waals surface area (Å²) in [7, 11) is 2.25. The smallest absolute Gasteiger partial charge is 0.0457 e. The first-order valence-corrected chi connectivity index (χ1v) is 7.84. The van der Waals surface area contributed by atoms with Crippen molar-refractivity contribution in [2.45, 2.75) is 30.2 Å². The van der Waals surface area contributed by atoms with Gasteiger partial charge >= 0.3 is 0 Å². The van der Waals surface area contributed by atoms with Crippen LogP contribution in [-0.2, 0) is 6.42 Å². The molecule has 96 valence electrons. The van der Waals surface area contributed by atoms with Gasteiger partial charge in [-0.3, -0.25) is 0 Å². The van der Waals surface area contributed by atoms with Gasteiger partial charge in [0, 0.05) is 28.0 Å². The van der Waals surface area contributed by atoms with E-state index in [4.69, 9.17) is 0 Å². The number of nitrogens with zero attached hydrogens (tertiary/aromatic N) is 1. The lowest BCUT2D eigenvalue weighted by molar-refractivity contribution is 0.310. The van der Waals surface area contributed by atoms with E-state index in [2.05, 4.69) is 47.6 Å². The largest absolute Gasteiger partial charge is 0.361 e. The third-order valence-electron chi connectivity index (χ3n) is 4.10. The van der Waals surface area contributed by atoms with Crippen LogP contribution in [-0.4, -0.2) is 35.8 Å². The van der Waals surface area contributed by atoms with Crippen LogP contribution in [0.2, 0.25) is 0 Å². The number of aromatic nitrogens is 1. The lowest BCUT2D eigenvalue weighted by atomic mass is 10.0. The van der Waals surface area contributed by atoms with Gasteiger partial charge in [0.1, 0.15) is 0 Å². The van der Waals surface area contributed by atoms with Gasteiger partial charge in [-0.2, -0.15) is 0 Å². The Hall–Kier alpha value is -0.930. The fourth-order valence-electron chi connectivity index (χ4n) is 2.94. The summed E-state index contributed by atoms with van der Waals surface area (Å²) in [5.41, 5.74) is 2.74. The van der Waals surface area contributed by atoms with Crippen LogP contribution in [0.15, 0.2) is 29.3 Å². The molecular formula is C15H20N2S. The molecule has 3 rings (SSSR count). The zero-order valence-corrected chi connectivity index (χ0v) is 11.9. The maximum Gasteiger partial charge on any atom is 0.0457 e. The fourth-order valence-corrected chi connectivity index (χ4v) is 3.38. The Bertz CT molecular complexity index is 546. The molecule has 1 unspecified atom stereocenters. The van der Waals surface area contributed by atoms with E-state index in [1.165, 1.54) is 47.2 Å². The average Bonchev–Trinajstić information content (AvgIpc) is 2.97. The minimum absolute atomic E-state index is 0.724.